The summed E-state index contributed by atoms with van der Waals surface area (Å²) in [4.78, 5) is 24.3. The molecule has 46 heavy (non-hydrogen) atoms. The van der Waals surface area contributed by atoms with Crippen molar-refractivity contribution in [3.05, 3.63) is 125 Å². The van der Waals surface area contributed by atoms with E-state index in [1.54, 1.807) is 11.8 Å². The molecule has 0 radical (unpaired) electrons. The van der Waals surface area contributed by atoms with Gasteiger partial charge in [0.05, 0.1) is 18.8 Å². The monoisotopic (exact) mass is 639 g/mol. The van der Waals surface area contributed by atoms with Gasteiger partial charge in [0.15, 0.2) is 6.29 Å². The van der Waals surface area contributed by atoms with E-state index in [0.717, 1.165) is 52.0 Å². The molecular formula is C38H41NO6S. The molecule has 1 saturated heterocycles. The number of unbranched alkanes of at least 4 members (excludes halogenated alkanes) is 2. The SMILES string of the molecule is O=C(O)CCCCCC(=O)NCc1ccccc1-c1ccc([C@@H]2O[C@H](CSc3ccccc3)C[C@H](c3ccc(CO)cc3)O2)cc1. The fourth-order valence-electron chi connectivity index (χ4n) is 5.53. The van der Waals surface area contributed by atoms with E-state index in [0.29, 0.717) is 25.8 Å². The van der Waals surface area contributed by atoms with Gasteiger partial charge in [0.25, 0.3) is 0 Å². The molecule has 0 aliphatic carbocycles. The summed E-state index contributed by atoms with van der Waals surface area (Å²) in [5, 5.41) is 21.3. The average Bonchev–Trinajstić information content (AvgIpc) is 3.10. The van der Waals surface area contributed by atoms with Gasteiger partial charge in [-0.1, -0.05) is 97.4 Å². The number of ether oxygens (including phenoxy) is 2. The second-order valence-corrected chi connectivity index (χ2v) is 12.6. The Hall–Kier alpha value is -3.95. The zero-order valence-corrected chi connectivity index (χ0v) is 26.7. The van der Waals surface area contributed by atoms with Crippen LogP contribution in [0.15, 0.2) is 108 Å². The molecule has 0 bridgehead atoms. The summed E-state index contributed by atoms with van der Waals surface area (Å²) >= 11 is 1.78. The molecular weight excluding hydrogens is 598 g/mol. The number of hydrogen-bond acceptors (Lipinski definition) is 6. The first kappa shape index (κ1) is 33.4. The molecule has 3 atom stereocenters. The van der Waals surface area contributed by atoms with Crippen LogP contribution < -0.4 is 5.32 Å². The van der Waals surface area contributed by atoms with Crippen LogP contribution in [0, 0.1) is 0 Å². The molecule has 0 saturated carbocycles. The Morgan fingerprint density at radius 3 is 2.22 bits per heavy atom. The van der Waals surface area contributed by atoms with Gasteiger partial charge >= 0.3 is 5.97 Å². The maximum Gasteiger partial charge on any atom is 0.303 e. The number of carboxylic acid groups (broad SMARTS) is 1. The molecule has 0 unspecified atom stereocenters. The zero-order chi connectivity index (χ0) is 32.1. The van der Waals surface area contributed by atoms with Crippen molar-refractivity contribution in [2.45, 2.75) is 75.1 Å². The van der Waals surface area contributed by atoms with E-state index in [1.807, 2.05) is 72.8 Å². The van der Waals surface area contributed by atoms with Gasteiger partial charge in [-0.2, -0.15) is 0 Å². The number of carboxylic acids is 1. The number of thioether (sulfide) groups is 1. The normalized spacial score (nSPS) is 17.8. The topological polar surface area (TPSA) is 105 Å². The van der Waals surface area contributed by atoms with Crippen molar-refractivity contribution in [2.24, 2.45) is 0 Å². The lowest BCUT2D eigenvalue weighted by Crippen LogP contribution is -2.31. The van der Waals surface area contributed by atoms with E-state index in [4.69, 9.17) is 14.6 Å². The molecule has 4 aromatic carbocycles. The van der Waals surface area contributed by atoms with Gasteiger partial charge in [0.2, 0.25) is 5.91 Å². The molecule has 1 fully saturated rings. The third-order valence-electron chi connectivity index (χ3n) is 8.08. The van der Waals surface area contributed by atoms with Crippen LogP contribution in [-0.4, -0.2) is 33.9 Å². The third-order valence-corrected chi connectivity index (χ3v) is 9.22. The molecule has 240 valence electrons. The van der Waals surface area contributed by atoms with Crippen molar-refractivity contribution < 1.29 is 29.3 Å². The lowest BCUT2D eigenvalue weighted by atomic mass is 9.97. The summed E-state index contributed by atoms with van der Waals surface area (Å²) in [6.45, 7) is 0.421. The van der Waals surface area contributed by atoms with Crippen molar-refractivity contribution in [1.29, 1.82) is 0 Å². The Bertz CT molecular complexity index is 1540. The number of carbonyl (C=O) groups is 2. The summed E-state index contributed by atoms with van der Waals surface area (Å²) in [7, 11) is 0. The molecule has 4 aromatic rings. The number of benzene rings is 4. The Morgan fingerprint density at radius 1 is 0.783 bits per heavy atom. The fraction of sp³-hybridized carbons (Fsp3) is 0.316. The minimum Gasteiger partial charge on any atom is -0.481 e. The fourth-order valence-corrected chi connectivity index (χ4v) is 6.47. The molecule has 3 N–H and O–H groups in total. The van der Waals surface area contributed by atoms with Crippen LogP contribution in [0.25, 0.3) is 11.1 Å². The Kier molecular flexibility index (Phi) is 12.4. The van der Waals surface area contributed by atoms with Gasteiger partial charge in [-0.15, -0.1) is 11.8 Å². The van der Waals surface area contributed by atoms with Gasteiger partial charge in [0.1, 0.15) is 0 Å². The van der Waals surface area contributed by atoms with E-state index in [2.05, 4.69) is 35.6 Å². The minimum absolute atomic E-state index is 0.00586. The number of nitrogens with one attached hydrogen (secondary N) is 1. The number of aliphatic carboxylic acids is 1. The van der Waals surface area contributed by atoms with Crippen LogP contribution in [0.1, 0.15) is 73.2 Å². The summed E-state index contributed by atoms with van der Waals surface area (Å²) in [5.74, 6) is -0.0359. The summed E-state index contributed by atoms with van der Waals surface area (Å²) in [6.07, 6.45) is 2.54. The van der Waals surface area contributed by atoms with Crippen LogP contribution >= 0.6 is 11.8 Å². The molecule has 0 spiro atoms. The molecule has 7 nitrogen and oxygen atoms in total. The summed E-state index contributed by atoms with van der Waals surface area (Å²) in [5.41, 5.74) is 5.96. The van der Waals surface area contributed by atoms with Gasteiger partial charge in [-0.05, 0) is 52.8 Å². The van der Waals surface area contributed by atoms with Crippen molar-refractivity contribution >= 4 is 23.6 Å². The quantitative estimate of drug-likeness (QED) is 0.0899. The summed E-state index contributed by atoms with van der Waals surface area (Å²) in [6, 6.07) is 34.5. The predicted octanol–water partition coefficient (Wildman–Crippen LogP) is 7.83. The van der Waals surface area contributed by atoms with Crippen LogP contribution in [0.3, 0.4) is 0 Å². The number of carbonyl (C=O) groups excluding carboxylic acids is 1. The number of amides is 1. The first-order valence-corrected chi connectivity index (χ1v) is 16.8. The van der Waals surface area contributed by atoms with Crippen molar-refractivity contribution in [2.75, 3.05) is 5.75 Å². The molecule has 1 aliphatic rings. The Labute approximate surface area is 275 Å². The van der Waals surface area contributed by atoms with E-state index < -0.39 is 12.3 Å². The maximum absolute atomic E-state index is 12.4. The number of aliphatic hydroxyl groups is 1. The van der Waals surface area contributed by atoms with Crippen LogP contribution in [0.4, 0.5) is 0 Å². The lowest BCUT2D eigenvalue weighted by Gasteiger charge is -2.36. The predicted molar refractivity (Wildman–Crippen MR) is 180 cm³/mol. The van der Waals surface area contributed by atoms with Gasteiger partial charge in [-0.3, -0.25) is 9.59 Å². The average molecular weight is 640 g/mol. The van der Waals surface area contributed by atoms with E-state index in [-0.39, 0.29) is 31.1 Å². The van der Waals surface area contributed by atoms with Crippen LogP contribution in [0.2, 0.25) is 0 Å². The molecule has 1 aliphatic heterocycles. The Balaban J connectivity index is 1.25. The van der Waals surface area contributed by atoms with E-state index in [9.17, 15) is 14.7 Å². The van der Waals surface area contributed by atoms with Crippen molar-refractivity contribution in [3.8, 4) is 11.1 Å². The van der Waals surface area contributed by atoms with Gasteiger partial charge in [-0.25, -0.2) is 0 Å². The second-order valence-electron chi connectivity index (χ2n) is 11.5. The Morgan fingerprint density at radius 2 is 1.48 bits per heavy atom. The highest BCUT2D eigenvalue weighted by atomic mass is 32.2. The maximum atomic E-state index is 12.4. The van der Waals surface area contributed by atoms with E-state index in [1.165, 1.54) is 4.90 Å². The highest BCUT2D eigenvalue weighted by Gasteiger charge is 2.32. The van der Waals surface area contributed by atoms with Crippen molar-refractivity contribution in [3.63, 3.8) is 0 Å². The van der Waals surface area contributed by atoms with Gasteiger partial charge in [0, 0.05) is 42.0 Å². The molecule has 5 rings (SSSR count). The molecule has 8 heteroatoms. The minimum atomic E-state index is -0.802. The second kappa shape index (κ2) is 17.1. The largest absolute Gasteiger partial charge is 0.481 e. The van der Waals surface area contributed by atoms with Gasteiger partial charge < -0.3 is 25.0 Å². The smallest absolute Gasteiger partial charge is 0.303 e. The molecule has 0 aromatic heterocycles. The molecule has 1 amide bonds. The standard InChI is InChI=1S/C38H41NO6S/c40-25-27-15-17-29(18-16-27)35-23-32(26-46-33-10-3-1-4-11-33)44-38(45-35)30-21-19-28(20-22-30)34-12-8-7-9-31(34)24-39-36(41)13-5-2-6-14-37(42)43/h1,3-4,7-12,15-22,32,35,38,40H,2,5-6,13-14,23-26H2,(H,39,41)(H,42,43)/t32-,35+,38+/m0/s1. The van der Waals surface area contributed by atoms with Crippen molar-refractivity contribution in [1.82, 2.24) is 5.32 Å². The van der Waals surface area contributed by atoms with Crippen LogP contribution in [0.5, 0.6) is 0 Å². The highest BCUT2D eigenvalue weighted by Crippen LogP contribution is 2.40. The number of aliphatic hydroxyl groups excluding tert-OH is 1. The summed E-state index contributed by atoms with van der Waals surface area (Å²) < 4.78 is 13.1. The third kappa shape index (κ3) is 9.77. The lowest BCUT2D eigenvalue weighted by molar-refractivity contribution is -0.245. The number of hydrogen-bond donors (Lipinski definition) is 3. The molecule has 1 heterocycles. The first-order valence-electron chi connectivity index (χ1n) is 15.8. The van der Waals surface area contributed by atoms with Crippen LogP contribution in [-0.2, 0) is 32.2 Å². The first-order chi connectivity index (χ1) is 22.5. The number of rotatable bonds is 15. The highest BCUT2D eigenvalue weighted by molar-refractivity contribution is 7.99. The zero-order valence-electron chi connectivity index (χ0n) is 25.8. The van der Waals surface area contributed by atoms with E-state index >= 15 is 0 Å².